The minimum Gasteiger partial charge on any atom is -0.485 e. The quantitative estimate of drug-likeness (QED) is 0.739. The minimum atomic E-state index is -0.407. The lowest BCUT2D eigenvalue weighted by atomic mass is 10.0. The van der Waals surface area contributed by atoms with Crippen LogP contribution in [0, 0.1) is 0 Å². The summed E-state index contributed by atoms with van der Waals surface area (Å²) in [5.74, 6) is 0.443. The lowest BCUT2D eigenvalue weighted by Crippen LogP contribution is -2.27. The topological polar surface area (TPSA) is 52.3 Å². The maximum Gasteiger partial charge on any atom is 0.248 e. The molecule has 1 aromatic rings. The van der Waals surface area contributed by atoms with Gasteiger partial charge in [-0.05, 0) is 18.6 Å². The number of ether oxygens (including phenoxy) is 1. The molecule has 2 N–H and O–H groups in total. The Bertz CT molecular complexity index is 398. The van der Waals surface area contributed by atoms with Crippen LogP contribution in [0.4, 0.5) is 0 Å². The fourth-order valence-corrected chi connectivity index (χ4v) is 1.84. The molecule has 3 heteroatoms. The van der Waals surface area contributed by atoms with Gasteiger partial charge in [-0.3, -0.25) is 4.79 Å². The number of rotatable bonds is 2. The second-order valence-electron chi connectivity index (χ2n) is 3.53. The third-order valence-electron chi connectivity index (χ3n) is 2.59. The molecule has 0 bridgehead atoms. The van der Waals surface area contributed by atoms with E-state index in [1.165, 1.54) is 0 Å². The largest absolute Gasteiger partial charge is 0.485 e. The van der Waals surface area contributed by atoms with Crippen molar-refractivity contribution < 1.29 is 9.53 Å². The highest BCUT2D eigenvalue weighted by atomic mass is 16.5. The molecule has 0 aliphatic carbocycles. The molecule has 0 fully saturated rings. The third-order valence-corrected chi connectivity index (χ3v) is 2.59. The van der Waals surface area contributed by atoms with Crippen molar-refractivity contribution in [1.29, 1.82) is 0 Å². The van der Waals surface area contributed by atoms with Gasteiger partial charge in [0.25, 0.3) is 0 Å². The van der Waals surface area contributed by atoms with Crippen molar-refractivity contribution in [2.45, 2.75) is 19.4 Å². The molecule has 0 saturated heterocycles. The van der Waals surface area contributed by atoms with Crippen molar-refractivity contribution in [3.63, 3.8) is 0 Å². The van der Waals surface area contributed by atoms with Crippen molar-refractivity contribution in [1.82, 2.24) is 0 Å². The van der Waals surface area contributed by atoms with E-state index in [0.29, 0.717) is 5.57 Å². The van der Waals surface area contributed by atoms with Gasteiger partial charge < -0.3 is 10.5 Å². The summed E-state index contributed by atoms with van der Waals surface area (Å²) in [6.45, 7) is 1.80. The van der Waals surface area contributed by atoms with E-state index in [9.17, 15) is 4.79 Å². The normalized spacial score (nSPS) is 19.5. The molecule has 1 unspecified atom stereocenters. The highest BCUT2D eigenvalue weighted by Crippen LogP contribution is 2.30. The number of carbonyl (C=O) groups is 1. The van der Waals surface area contributed by atoms with Crippen LogP contribution < -0.4 is 10.5 Å². The number of carbonyl (C=O) groups excluding carboxylic acids is 1. The zero-order valence-corrected chi connectivity index (χ0v) is 8.57. The van der Waals surface area contributed by atoms with Crippen LogP contribution in [0.2, 0.25) is 0 Å². The first-order valence-electron chi connectivity index (χ1n) is 4.93. The molecule has 1 aliphatic heterocycles. The molecule has 78 valence electrons. The average Bonchev–Trinajstić information content (AvgIpc) is 2.61. The van der Waals surface area contributed by atoms with Gasteiger partial charge in [0, 0.05) is 6.42 Å². The lowest BCUT2D eigenvalue weighted by molar-refractivity contribution is -0.115. The second kappa shape index (κ2) is 3.77. The Kier molecular flexibility index (Phi) is 2.46. The van der Waals surface area contributed by atoms with E-state index in [1.807, 2.05) is 24.3 Å². The van der Waals surface area contributed by atoms with Gasteiger partial charge in [0.05, 0.1) is 5.57 Å². The Morgan fingerprint density at radius 2 is 2.27 bits per heavy atom. The van der Waals surface area contributed by atoms with Gasteiger partial charge in [0.2, 0.25) is 5.91 Å². The van der Waals surface area contributed by atoms with Crippen LogP contribution in [0.15, 0.2) is 35.9 Å². The number of nitrogens with two attached hydrogens (primary N) is 1. The summed E-state index contributed by atoms with van der Waals surface area (Å²) in [6.07, 6.45) is 2.22. The summed E-state index contributed by atoms with van der Waals surface area (Å²) in [6, 6.07) is 7.79. The Hall–Kier alpha value is -1.77. The standard InChI is InChI=1S/C12H13NO2/c1-2-9(12(13)14)11-7-8-5-3-4-6-10(8)15-11/h2-6,11H,7H2,1H3,(H2,13,14)/b9-2-. The molecule has 0 aromatic heterocycles. The van der Waals surface area contributed by atoms with Crippen LogP contribution in [0.3, 0.4) is 0 Å². The third kappa shape index (κ3) is 1.73. The zero-order chi connectivity index (χ0) is 10.8. The number of hydrogen-bond donors (Lipinski definition) is 1. The summed E-state index contributed by atoms with van der Waals surface area (Å²) in [5.41, 5.74) is 6.95. The molecule has 1 heterocycles. The van der Waals surface area contributed by atoms with Crippen molar-refractivity contribution in [3.05, 3.63) is 41.5 Å². The molecule has 0 radical (unpaired) electrons. The van der Waals surface area contributed by atoms with Crippen molar-refractivity contribution >= 4 is 5.91 Å². The van der Waals surface area contributed by atoms with Crippen LogP contribution in [-0.4, -0.2) is 12.0 Å². The Labute approximate surface area is 88.5 Å². The first-order chi connectivity index (χ1) is 7.22. The molecular weight excluding hydrogens is 190 g/mol. The fourth-order valence-electron chi connectivity index (χ4n) is 1.84. The first kappa shape index (κ1) is 9.77. The molecule has 15 heavy (non-hydrogen) atoms. The predicted molar refractivity (Wildman–Crippen MR) is 57.5 cm³/mol. The average molecular weight is 203 g/mol. The fraction of sp³-hybridized carbons (Fsp3) is 0.250. The van der Waals surface area contributed by atoms with E-state index in [1.54, 1.807) is 13.0 Å². The Morgan fingerprint density at radius 3 is 2.87 bits per heavy atom. The van der Waals surface area contributed by atoms with E-state index in [-0.39, 0.29) is 6.10 Å². The van der Waals surface area contributed by atoms with Crippen molar-refractivity contribution in [3.8, 4) is 5.75 Å². The molecule has 0 spiro atoms. The number of allylic oxidation sites excluding steroid dienone is 1. The van der Waals surface area contributed by atoms with Crippen LogP contribution in [0.1, 0.15) is 12.5 Å². The monoisotopic (exact) mass is 203 g/mol. The SMILES string of the molecule is C/C=C(\C(N)=O)C1Cc2ccccc2O1. The number of fused-ring (bicyclic) bond motifs is 1. The molecular formula is C12H13NO2. The molecule has 0 saturated carbocycles. The second-order valence-corrected chi connectivity index (χ2v) is 3.53. The summed E-state index contributed by atoms with van der Waals surface area (Å²) in [4.78, 5) is 11.1. The van der Waals surface area contributed by atoms with E-state index < -0.39 is 5.91 Å². The molecule has 1 aromatic carbocycles. The van der Waals surface area contributed by atoms with Gasteiger partial charge >= 0.3 is 0 Å². The van der Waals surface area contributed by atoms with E-state index in [4.69, 9.17) is 10.5 Å². The number of hydrogen-bond acceptors (Lipinski definition) is 2. The van der Waals surface area contributed by atoms with Gasteiger partial charge in [-0.25, -0.2) is 0 Å². The minimum absolute atomic E-state index is 0.218. The zero-order valence-electron chi connectivity index (χ0n) is 8.57. The van der Waals surface area contributed by atoms with E-state index in [0.717, 1.165) is 17.7 Å². The Balaban J connectivity index is 2.23. The smallest absolute Gasteiger partial charge is 0.248 e. The van der Waals surface area contributed by atoms with Gasteiger partial charge in [-0.15, -0.1) is 0 Å². The molecule has 2 rings (SSSR count). The van der Waals surface area contributed by atoms with Gasteiger partial charge in [0.15, 0.2) is 0 Å². The number of benzene rings is 1. The summed E-state index contributed by atoms with van der Waals surface area (Å²) in [7, 11) is 0. The van der Waals surface area contributed by atoms with Crippen LogP contribution in [-0.2, 0) is 11.2 Å². The van der Waals surface area contributed by atoms with E-state index in [2.05, 4.69) is 0 Å². The van der Waals surface area contributed by atoms with E-state index >= 15 is 0 Å². The maximum atomic E-state index is 11.1. The number of primary amides is 1. The maximum absolute atomic E-state index is 11.1. The van der Waals surface area contributed by atoms with Gasteiger partial charge in [-0.1, -0.05) is 24.3 Å². The lowest BCUT2D eigenvalue weighted by Gasteiger charge is -2.11. The molecule has 1 atom stereocenters. The number of para-hydroxylation sites is 1. The highest BCUT2D eigenvalue weighted by Gasteiger charge is 2.27. The summed E-state index contributed by atoms with van der Waals surface area (Å²) in [5, 5.41) is 0. The highest BCUT2D eigenvalue weighted by molar-refractivity contribution is 5.93. The molecule has 1 amide bonds. The Morgan fingerprint density at radius 1 is 1.53 bits per heavy atom. The van der Waals surface area contributed by atoms with Crippen molar-refractivity contribution in [2.24, 2.45) is 5.73 Å². The molecule has 3 nitrogen and oxygen atoms in total. The van der Waals surface area contributed by atoms with Gasteiger partial charge in [0.1, 0.15) is 11.9 Å². The van der Waals surface area contributed by atoms with Crippen LogP contribution in [0.25, 0.3) is 0 Å². The van der Waals surface area contributed by atoms with Crippen LogP contribution >= 0.6 is 0 Å². The van der Waals surface area contributed by atoms with Crippen molar-refractivity contribution in [2.75, 3.05) is 0 Å². The van der Waals surface area contributed by atoms with Crippen LogP contribution in [0.5, 0.6) is 5.75 Å². The number of amides is 1. The summed E-state index contributed by atoms with van der Waals surface area (Å²) < 4.78 is 5.65. The van der Waals surface area contributed by atoms with Gasteiger partial charge in [-0.2, -0.15) is 0 Å². The summed E-state index contributed by atoms with van der Waals surface area (Å²) >= 11 is 0. The predicted octanol–water partition coefficient (Wildman–Crippen LogP) is 1.42. The first-order valence-corrected chi connectivity index (χ1v) is 4.93. The molecule has 1 aliphatic rings.